The monoisotopic (exact) mass is 427 g/mol. The third-order valence-corrected chi connectivity index (χ3v) is 5.43. The van der Waals surface area contributed by atoms with E-state index >= 15 is 0 Å². The van der Waals surface area contributed by atoms with Gasteiger partial charge in [-0.3, -0.25) is 14.5 Å². The van der Waals surface area contributed by atoms with Crippen LogP contribution in [0.1, 0.15) is 17.4 Å². The predicted octanol–water partition coefficient (Wildman–Crippen LogP) is 3.54. The second-order valence-electron chi connectivity index (χ2n) is 6.10. The Labute approximate surface area is 174 Å². The smallest absolute Gasteiger partial charge is 0.274 e. The van der Waals surface area contributed by atoms with E-state index in [1.54, 1.807) is 48.5 Å². The Morgan fingerprint density at radius 3 is 2.40 bits per heavy atom. The standard InChI is InChI=1S/C21H21N3O5S/c1-3-29-17-10-7-15(8-11-17)24-30(26,27)20-14-16(9-12-19(20)28-2)23-21(25)18-6-4-5-13-22-18/h4-14,24H,3H2,1-2H3,(H,23,25). The van der Waals surface area contributed by atoms with Gasteiger partial charge in [-0.15, -0.1) is 0 Å². The van der Waals surface area contributed by atoms with E-state index in [4.69, 9.17) is 9.47 Å². The SMILES string of the molecule is CCOc1ccc(NS(=O)(=O)c2cc(NC(=O)c3ccccn3)ccc2OC)cc1. The summed E-state index contributed by atoms with van der Waals surface area (Å²) in [6.07, 6.45) is 1.50. The van der Waals surface area contributed by atoms with E-state index in [-0.39, 0.29) is 16.3 Å². The maximum absolute atomic E-state index is 13.0. The summed E-state index contributed by atoms with van der Waals surface area (Å²) in [6.45, 7) is 2.38. The third-order valence-electron chi connectivity index (χ3n) is 4.03. The highest BCUT2D eigenvalue weighted by molar-refractivity contribution is 7.92. The van der Waals surface area contributed by atoms with Crippen molar-refractivity contribution in [3.8, 4) is 11.5 Å². The molecule has 1 aromatic heterocycles. The number of amides is 1. The lowest BCUT2D eigenvalue weighted by atomic mass is 10.2. The molecule has 0 atom stereocenters. The number of sulfonamides is 1. The Bertz CT molecular complexity index is 1120. The number of pyridine rings is 1. The largest absolute Gasteiger partial charge is 0.495 e. The Morgan fingerprint density at radius 1 is 1.03 bits per heavy atom. The number of anilines is 2. The van der Waals surface area contributed by atoms with Crippen molar-refractivity contribution in [3.05, 3.63) is 72.6 Å². The third kappa shape index (κ3) is 5.06. The molecule has 3 aromatic rings. The lowest BCUT2D eigenvalue weighted by Gasteiger charge is -2.14. The highest BCUT2D eigenvalue weighted by atomic mass is 32.2. The van der Waals surface area contributed by atoms with Crippen LogP contribution in [0.25, 0.3) is 0 Å². The topological polar surface area (TPSA) is 107 Å². The van der Waals surface area contributed by atoms with Crippen molar-refractivity contribution in [1.29, 1.82) is 0 Å². The van der Waals surface area contributed by atoms with Gasteiger partial charge in [0.05, 0.1) is 13.7 Å². The maximum Gasteiger partial charge on any atom is 0.274 e. The van der Waals surface area contributed by atoms with E-state index in [0.717, 1.165) is 0 Å². The van der Waals surface area contributed by atoms with Crippen molar-refractivity contribution in [1.82, 2.24) is 4.98 Å². The molecule has 0 saturated carbocycles. The van der Waals surface area contributed by atoms with E-state index in [0.29, 0.717) is 23.7 Å². The second-order valence-corrected chi connectivity index (χ2v) is 7.75. The molecule has 0 aliphatic rings. The molecule has 0 aliphatic heterocycles. The molecule has 0 unspecified atom stereocenters. The molecule has 0 fully saturated rings. The first-order valence-electron chi connectivity index (χ1n) is 9.09. The fourth-order valence-corrected chi connectivity index (χ4v) is 3.91. The van der Waals surface area contributed by atoms with E-state index in [1.807, 2.05) is 6.92 Å². The van der Waals surface area contributed by atoms with Crippen LogP contribution in [0, 0.1) is 0 Å². The number of nitrogens with one attached hydrogen (secondary N) is 2. The van der Waals surface area contributed by atoms with Crippen LogP contribution in [-0.2, 0) is 10.0 Å². The van der Waals surface area contributed by atoms with Gasteiger partial charge in [-0.1, -0.05) is 6.07 Å². The number of benzene rings is 2. The van der Waals surface area contributed by atoms with Crippen molar-refractivity contribution in [3.63, 3.8) is 0 Å². The summed E-state index contributed by atoms with van der Waals surface area (Å²) in [4.78, 5) is 16.2. The van der Waals surface area contributed by atoms with E-state index < -0.39 is 15.9 Å². The number of ether oxygens (including phenoxy) is 2. The zero-order valence-electron chi connectivity index (χ0n) is 16.5. The lowest BCUT2D eigenvalue weighted by Crippen LogP contribution is -2.16. The molecular weight excluding hydrogens is 406 g/mol. The molecule has 0 aliphatic carbocycles. The van der Waals surface area contributed by atoms with E-state index in [2.05, 4.69) is 15.0 Å². The van der Waals surface area contributed by atoms with Crippen LogP contribution in [0.15, 0.2) is 71.8 Å². The zero-order chi connectivity index (χ0) is 21.6. The van der Waals surface area contributed by atoms with Gasteiger partial charge < -0.3 is 14.8 Å². The van der Waals surface area contributed by atoms with Crippen LogP contribution in [0.5, 0.6) is 11.5 Å². The second kappa shape index (κ2) is 9.27. The van der Waals surface area contributed by atoms with Gasteiger partial charge in [0, 0.05) is 17.6 Å². The van der Waals surface area contributed by atoms with Gasteiger partial charge in [-0.25, -0.2) is 8.42 Å². The molecule has 1 amide bonds. The first-order chi connectivity index (χ1) is 14.4. The molecule has 1 heterocycles. The minimum absolute atomic E-state index is 0.113. The van der Waals surface area contributed by atoms with Crippen LogP contribution in [0.3, 0.4) is 0 Å². The number of hydrogen-bond donors (Lipinski definition) is 2. The number of rotatable bonds is 8. The summed E-state index contributed by atoms with van der Waals surface area (Å²) in [6, 6.07) is 15.8. The number of methoxy groups -OCH3 is 1. The molecule has 156 valence electrons. The molecule has 0 bridgehead atoms. The molecule has 30 heavy (non-hydrogen) atoms. The van der Waals surface area contributed by atoms with Gasteiger partial charge in [0.25, 0.3) is 15.9 Å². The van der Waals surface area contributed by atoms with Crippen molar-refractivity contribution in [2.75, 3.05) is 23.8 Å². The quantitative estimate of drug-likeness (QED) is 0.569. The predicted molar refractivity (Wildman–Crippen MR) is 114 cm³/mol. The van der Waals surface area contributed by atoms with Gasteiger partial charge in [0.2, 0.25) is 0 Å². The van der Waals surface area contributed by atoms with Crippen LogP contribution < -0.4 is 19.5 Å². The summed E-state index contributed by atoms with van der Waals surface area (Å²) in [5.74, 6) is 0.324. The first kappa shape index (κ1) is 21.1. The molecule has 8 nitrogen and oxygen atoms in total. The van der Waals surface area contributed by atoms with Gasteiger partial charge >= 0.3 is 0 Å². The Kier molecular flexibility index (Phi) is 6.53. The molecule has 0 radical (unpaired) electrons. The summed E-state index contributed by atoms with van der Waals surface area (Å²) < 4.78 is 39.0. The van der Waals surface area contributed by atoms with Crippen molar-refractivity contribution in [2.24, 2.45) is 0 Å². The fourth-order valence-electron chi connectivity index (χ4n) is 2.65. The molecule has 2 aromatic carbocycles. The fraction of sp³-hybridized carbons (Fsp3) is 0.143. The molecule has 0 spiro atoms. The molecule has 9 heteroatoms. The van der Waals surface area contributed by atoms with Crippen LogP contribution in [-0.4, -0.2) is 33.0 Å². The normalized spacial score (nSPS) is 10.9. The van der Waals surface area contributed by atoms with Crippen LogP contribution in [0.2, 0.25) is 0 Å². The first-order valence-corrected chi connectivity index (χ1v) is 10.6. The summed E-state index contributed by atoms with van der Waals surface area (Å²) in [5, 5.41) is 2.64. The highest BCUT2D eigenvalue weighted by Gasteiger charge is 2.21. The Morgan fingerprint density at radius 2 is 1.77 bits per heavy atom. The average molecular weight is 427 g/mol. The maximum atomic E-state index is 13.0. The van der Waals surface area contributed by atoms with Crippen LogP contribution in [0.4, 0.5) is 11.4 Å². The Hall–Kier alpha value is -3.59. The summed E-state index contributed by atoms with van der Waals surface area (Å²) >= 11 is 0. The Balaban J connectivity index is 1.85. The van der Waals surface area contributed by atoms with E-state index in [9.17, 15) is 13.2 Å². The number of hydrogen-bond acceptors (Lipinski definition) is 6. The van der Waals surface area contributed by atoms with Gasteiger partial charge in [-0.05, 0) is 61.5 Å². The van der Waals surface area contributed by atoms with Gasteiger partial charge in [0.1, 0.15) is 22.1 Å². The van der Waals surface area contributed by atoms with E-state index in [1.165, 1.54) is 25.4 Å². The summed E-state index contributed by atoms with van der Waals surface area (Å²) in [7, 11) is -2.61. The molecular formula is C21H21N3O5S. The minimum atomic E-state index is -3.99. The molecule has 3 rings (SSSR count). The number of nitrogens with zero attached hydrogens (tertiary/aromatic N) is 1. The molecule has 2 N–H and O–H groups in total. The number of carbonyl (C=O) groups excluding carboxylic acids is 1. The van der Waals surface area contributed by atoms with Gasteiger partial charge in [0.15, 0.2) is 0 Å². The number of carbonyl (C=O) groups is 1. The minimum Gasteiger partial charge on any atom is -0.495 e. The van der Waals surface area contributed by atoms with Crippen LogP contribution >= 0.6 is 0 Å². The van der Waals surface area contributed by atoms with Gasteiger partial charge in [-0.2, -0.15) is 0 Å². The lowest BCUT2D eigenvalue weighted by molar-refractivity contribution is 0.102. The number of aromatic nitrogens is 1. The summed E-state index contributed by atoms with van der Waals surface area (Å²) in [5.41, 5.74) is 0.868. The van der Waals surface area contributed by atoms with Crippen molar-refractivity contribution < 1.29 is 22.7 Å². The highest BCUT2D eigenvalue weighted by Crippen LogP contribution is 2.29. The van der Waals surface area contributed by atoms with Crippen molar-refractivity contribution >= 4 is 27.3 Å². The van der Waals surface area contributed by atoms with Crippen molar-refractivity contribution in [2.45, 2.75) is 11.8 Å². The molecule has 0 saturated heterocycles. The average Bonchev–Trinajstić information content (AvgIpc) is 2.75. The zero-order valence-corrected chi connectivity index (χ0v) is 17.3.